The molecule has 0 bridgehead atoms. The van der Waals surface area contributed by atoms with E-state index in [0.717, 1.165) is 5.56 Å². The summed E-state index contributed by atoms with van der Waals surface area (Å²) in [5.41, 5.74) is 5.14. The quantitative estimate of drug-likeness (QED) is 0.802. The maximum absolute atomic E-state index is 10.9. The van der Waals surface area contributed by atoms with Gasteiger partial charge in [-0.2, -0.15) is 0 Å². The molecule has 0 amide bonds. The van der Waals surface area contributed by atoms with Gasteiger partial charge in [-0.1, -0.05) is 0 Å². The first-order valence-electron chi connectivity index (χ1n) is 5.13. The lowest BCUT2D eigenvalue weighted by atomic mass is 9.94. The highest BCUT2D eigenvalue weighted by molar-refractivity contribution is 5.78. The van der Waals surface area contributed by atoms with Crippen molar-refractivity contribution in [2.24, 2.45) is 5.73 Å². The van der Waals surface area contributed by atoms with Crippen LogP contribution in [0.2, 0.25) is 0 Å². The minimum atomic E-state index is -1.31. The van der Waals surface area contributed by atoms with Crippen LogP contribution in [0.25, 0.3) is 0 Å². The summed E-state index contributed by atoms with van der Waals surface area (Å²) in [6.45, 7) is 1.47. The average Bonchev–Trinajstić information content (AvgIpc) is 2.27. The van der Waals surface area contributed by atoms with Crippen LogP contribution >= 0.6 is 0 Å². The number of carbonyl (C=O) groups is 1. The molecule has 1 rings (SSSR count). The Balaban J connectivity index is 3.02. The van der Waals surface area contributed by atoms with Gasteiger partial charge in [-0.3, -0.25) is 4.79 Å². The highest BCUT2D eigenvalue weighted by atomic mass is 16.5. The van der Waals surface area contributed by atoms with Crippen molar-refractivity contribution in [3.8, 4) is 11.5 Å². The fourth-order valence-electron chi connectivity index (χ4n) is 1.47. The molecule has 0 unspecified atom stereocenters. The lowest BCUT2D eigenvalue weighted by Crippen LogP contribution is -2.46. The maximum Gasteiger partial charge on any atom is 0.323 e. The van der Waals surface area contributed by atoms with Gasteiger partial charge in [0.2, 0.25) is 0 Å². The third-order valence-electron chi connectivity index (χ3n) is 2.47. The van der Waals surface area contributed by atoms with E-state index in [1.165, 1.54) is 21.1 Å². The summed E-state index contributed by atoms with van der Waals surface area (Å²) in [7, 11) is 3.08. The predicted molar refractivity (Wildman–Crippen MR) is 63.5 cm³/mol. The van der Waals surface area contributed by atoms with Gasteiger partial charge in [0, 0.05) is 12.5 Å². The molecule has 3 N–H and O–H groups in total. The van der Waals surface area contributed by atoms with Crippen LogP contribution in [0, 0.1) is 0 Å². The molecule has 0 fully saturated rings. The Labute approximate surface area is 100 Å². The Morgan fingerprint density at radius 2 is 1.76 bits per heavy atom. The predicted octanol–water partition coefficient (Wildman–Crippen LogP) is 1.05. The zero-order valence-corrected chi connectivity index (χ0v) is 10.2. The second kappa shape index (κ2) is 5.05. The van der Waals surface area contributed by atoms with Gasteiger partial charge in [0.05, 0.1) is 14.2 Å². The van der Waals surface area contributed by atoms with Gasteiger partial charge >= 0.3 is 5.97 Å². The van der Waals surface area contributed by atoms with E-state index in [1.54, 1.807) is 18.2 Å². The van der Waals surface area contributed by atoms with Crippen molar-refractivity contribution in [1.82, 2.24) is 0 Å². The van der Waals surface area contributed by atoms with Crippen LogP contribution in [0.15, 0.2) is 18.2 Å². The van der Waals surface area contributed by atoms with Crippen molar-refractivity contribution in [3.63, 3.8) is 0 Å². The molecular formula is C12H17NO4. The number of carboxylic acids is 1. The largest absolute Gasteiger partial charge is 0.497 e. The first-order valence-corrected chi connectivity index (χ1v) is 5.13. The van der Waals surface area contributed by atoms with Crippen LogP contribution in [-0.2, 0) is 11.2 Å². The standard InChI is InChI=1S/C12H17NO4/c1-12(13,11(14)15)7-8-4-9(16-2)6-10(5-8)17-3/h4-6H,7,13H2,1-3H3,(H,14,15)/t12-/m0/s1. The minimum absolute atomic E-state index is 0.204. The van der Waals surface area contributed by atoms with Crippen LogP contribution in [0.1, 0.15) is 12.5 Å². The molecule has 0 spiro atoms. The molecule has 17 heavy (non-hydrogen) atoms. The number of benzene rings is 1. The monoisotopic (exact) mass is 239 g/mol. The molecule has 0 heterocycles. The van der Waals surface area contributed by atoms with E-state index in [0.29, 0.717) is 11.5 Å². The number of hydrogen-bond acceptors (Lipinski definition) is 4. The molecule has 94 valence electrons. The van der Waals surface area contributed by atoms with Gasteiger partial charge in [0.25, 0.3) is 0 Å². The Bertz CT molecular complexity index is 393. The molecule has 0 saturated carbocycles. The van der Waals surface area contributed by atoms with Gasteiger partial charge in [-0.25, -0.2) is 0 Å². The molecule has 0 aliphatic carbocycles. The zero-order valence-electron chi connectivity index (χ0n) is 10.2. The number of carboxylic acid groups (broad SMARTS) is 1. The van der Waals surface area contributed by atoms with Crippen molar-refractivity contribution in [2.45, 2.75) is 18.9 Å². The van der Waals surface area contributed by atoms with Crippen molar-refractivity contribution in [3.05, 3.63) is 23.8 Å². The summed E-state index contributed by atoms with van der Waals surface area (Å²) in [4.78, 5) is 10.9. The lowest BCUT2D eigenvalue weighted by molar-refractivity contribution is -0.142. The van der Waals surface area contributed by atoms with E-state index < -0.39 is 11.5 Å². The summed E-state index contributed by atoms with van der Waals surface area (Å²) in [5.74, 6) is 0.181. The molecule has 0 aromatic heterocycles. The summed E-state index contributed by atoms with van der Waals surface area (Å²) < 4.78 is 10.2. The first kappa shape index (κ1) is 13.3. The molecule has 5 heteroatoms. The Hall–Kier alpha value is -1.75. The van der Waals surface area contributed by atoms with Gasteiger partial charge in [-0.15, -0.1) is 0 Å². The van der Waals surface area contributed by atoms with Crippen molar-refractivity contribution >= 4 is 5.97 Å². The average molecular weight is 239 g/mol. The number of hydrogen-bond donors (Lipinski definition) is 2. The number of aliphatic carboxylic acids is 1. The highest BCUT2D eigenvalue weighted by Crippen LogP contribution is 2.24. The van der Waals surface area contributed by atoms with Gasteiger partial charge in [0.1, 0.15) is 17.0 Å². The number of methoxy groups -OCH3 is 2. The smallest absolute Gasteiger partial charge is 0.323 e. The summed E-state index contributed by atoms with van der Waals surface area (Å²) >= 11 is 0. The lowest BCUT2D eigenvalue weighted by Gasteiger charge is -2.19. The Kier molecular flexibility index (Phi) is 3.96. The molecule has 1 atom stereocenters. The third kappa shape index (κ3) is 3.35. The molecule has 0 saturated heterocycles. The van der Waals surface area contributed by atoms with E-state index >= 15 is 0 Å². The minimum Gasteiger partial charge on any atom is -0.497 e. The molecule has 0 aliphatic heterocycles. The fourth-order valence-corrected chi connectivity index (χ4v) is 1.47. The Morgan fingerprint density at radius 1 is 1.29 bits per heavy atom. The van der Waals surface area contributed by atoms with Crippen LogP contribution in [0.4, 0.5) is 0 Å². The summed E-state index contributed by atoms with van der Waals surface area (Å²) in [6.07, 6.45) is 0.204. The number of rotatable bonds is 5. The second-order valence-corrected chi connectivity index (χ2v) is 4.12. The SMILES string of the molecule is COc1cc(C[C@](C)(N)C(=O)O)cc(OC)c1. The van der Waals surface area contributed by atoms with Crippen LogP contribution in [0.5, 0.6) is 11.5 Å². The van der Waals surface area contributed by atoms with Gasteiger partial charge in [-0.05, 0) is 24.6 Å². The van der Waals surface area contributed by atoms with Crippen molar-refractivity contribution in [1.29, 1.82) is 0 Å². The van der Waals surface area contributed by atoms with Gasteiger partial charge < -0.3 is 20.3 Å². The van der Waals surface area contributed by atoms with Crippen molar-refractivity contribution in [2.75, 3.05) is 14.2 Å². The summed E-state index contributed by atoms with van der Waals surface area (Å²) in [5, 5.41) is 8.97. The normalized spacial score (nSPS) is 13.9. The van der Waals surface area contributed by atoms with E-state index in [-0.39, 0.29) is 6.42 Å². The summed E-state index contributed by atoms with van der Waals surface area (Å²) in [6, 6.07) is 5.21. The fraction of sp³-hybridized carbons (Fsp3) is 0.417. The Morgan fingerprint density at radius 3 is 2.12 bits per heavy atom. The zero-order chi connectivity index (χ0) is 13.1. The van der Waals surface area contributed by atoms with Crippen molar-refractivity contribution < 1.29 is 19.4 Å². The molecule has 5 nitrogen and oxygen atoms in total. The molecular weight excluding hydrogens is 222 g/mol. The number of nitrogens with two attached hydrogens (primary N) is 1. The van der Waals surface area contributed by atoms with Crippen LogP contribution in [-0.4, -0.2) is 30.8 Å². The van der Waals surface area contributed by atoms with E-state index in [9.17, 15) is 4.79 Å². The third-order valence-corrected chi connectivity index (χ3v) is 2.47. The highest BCUT2D eigenvalue weighted by Gasteiger charge is 2.28. The van der Waals surface area contributed by atoms with E-state index in [1.807, 2.05) is 0 Å². The number of ether oxygens (including phenoxy) is 2. The maximum atomic E-state index is 10.9. The van der Waals surface area contributed by atoms with Crippen LogP contribution in [0.3, 0.4) is 0 Å². The molecule has 0 radical (unpaired) electrons. The van der Waals surface area contributed by atoms with E-state index in [2.05, 4.69) is 0 Å². The van der Waals surface area contributed by atoms with Gasteiger partial charge in [0.15, 0.2) is 0 Å². The van der Waals surface area contributed by atoms with E-state index in [4.69, 9.17) is 20.3 Å². The second-order valence-electron chi connectivity index (χ2n) is 4.12. The molecule has 1 aromatic rings. The molecule has 1 aromatic carbocycles. The first-order chi connectivity index (χ1) is 7.89. The van der Waals surface area contributed by atoms with Crippen LogP contribution < -0.4 is 15.2 Å². The molecule has 0 aliphatic rings. The topological polar surface area (TPSA) is 81.8 Å².